The average molecular weight is 636 g/mol. The van der Waals surface area contributed by atoms with E-state index in [1.54, 1.807) is 12.4 Å². The first-order valence-electron chi connectivity index (χ1n) is 18.2. The Kier molecular flexibility index (Phi) is 7.42. The minimum absolute atomic E-state index is 0.128. The van der Waals surface area contributed by atoms with E-state index in [9.17, 15) is 9.90 Å². The van der Waals surface area contributed by atoms with Gasteiger partial charge in [-0.1, -0.05) is 72.6 Å². The highest BCUT2D eigenvalue weighted by Gasteiger charge is 2.70. The molecule has 1 unspecified atom stereocenters. The molecule has 5 nitrogen and oxygen atoms in total. The Balaban J connectivity index is 1.22. The first-order valence-corrected chi connectivity index (χ1v) is 18.6. The third-order valence-electron chi connectivity index (χ3n) is 16.1. The summed E-state index contributed by atoms with van der Waals surface area (Å²) in [4.78, 5) is 23.1. The second kappa shape index (κ2) is 10.3. The van der Waals surface area contributed by atoms with E-state index in [1.807, 2.05) is 0 Å². The lowest BCUT2D eigenvalue weighted by atomic mass is 9.32. The number of aliphatic hydroxyl groups is 1. The van der Waals surface area contributed by atoms with Gasteiger partial charge in [0.15, 0.2) is 5.78 Å². The summed E-state index contributed by atoms with van der Waals surface area (Å²) in [5.74, 6) is 3.85. The quantitative estimate of drug-likeness (QED) is 0.327. The number of aromatic nitrogens is 2. The van der Waals surface area contributed by atoms with E-state index in [4.69, 9.17) is 11.6 Å². The van der Waals surface area contributed by atoms with Crippen LogP contribution < -0.4 is 5.32 Å². The molecule has 1 aromatic rings. The zero-order valence-corrected chi connectivity index (χ0v) is 30.0. The normalized spacial score (nSPS) is 43.8. The van der Waals surface area contributed by atoms with E-state index in [1.165, 1.54) is 37.7 Å². The van der Waals surface area contributed by atoms with Crippen molar-refractivity contribution < 1.29 is 9.90 Å². The maximum absolute atomic E-state index is 14.0. The Morgan fingerprint density at radius 3 is 2.24 bits per heavy atom. The molecule has 0 amide bonds. The van der Waals surface area contributed by atoms with Gasteiger partial charge in [-0.15, -0.1) is 0 Å². The number of ketones is 1. The Hall–Kier alpha value is -1.30. The van der Waals surface area contributed by atoms with Crippen LogP contribution in [0.25, 0.3) is 0 Å². The molecule has 45 heavy (non-hydrogen) atoms. The van der Waals surface area contributed by atoms with Gasteiger partial charge in [-0.25, -0.2) is 9.97 Å². The van der Waals surface area contributed by atoms with Gasteiger partial charge in [0.2, 0.25) is 0 Å². The summed E-state index contributed by atoms with van der Waals surface area (Å²) in [6.07, 6.45) is 14.8. The van der Waals surface area contributed by atoms with Crippen molar-refractivity contribution in [3.05, 3.63) is 34.4 Å². The standard InChI is InChI=1S/C39H58ClN3O2/c1-23(2)31-27(44)19-38(30(45)22-43-39(17-18-39)33-41-20-25(40)21-42-33)16-15-36(7)26(32(31)38)9-10-29-35(6)13-11-24(3)34(4,5)28(35)12-14-37(29,36)8/h20-21,23-24,26,28-30,43,45H,9-19,22H2,1-8H3/t24-,26+,28-,29+,30?,35-,36+,37+,38-/m0/s1. The van der Waals surface area contributed by atoms with Crippen LogP contribution in [0, 0.1) is 56.7 Å². The van der Waals surface area contributed by atoms with E-state index in [-0.39, 0.29) is 28.1 Å². The summed E-state index contributed by atoms with van der Waals surface area (Å²) in [7, 11) is 0. The molecule has 248 valence electrons. The van der Waals surface area contributed by atoms with E-state index < -0.39 is 11.5 Å². The largest absolute Gasteiger partial charge is 0.391 e. The number of rotatable bonds is 6. The van der Waals surface area contributed by atoms with Gasteiger partial charge in [-0.2, -0.15) is 0 Å². The fourth-order valence-corrected chi connectivity index (χ4v) is 13.0. The van der Waals surface area contributed by atoms with Gasteiger partial charge in [-0.05, 0) is 121 Å². The molecule has 0 aromatic carbocycles. The molecule has 0 spiro atoms. The van der Waals surface area contributed by atoms with Crippen molar-refractivity contribution in [2.45, 2.75) is 138 Å². The molecule has 6 aliphatic rings. The summed E-state index contributed by atoms with van der Waals surface area (Å²) in [6, 6.07) is 0. The van der Waals surface area contributed by atoms with Gasteiger partial charge >= 0.3 is 0 Å². The van der Waals surface area contributed by atoms with Gasteiger partial charge < -0.3 is 10.4 Å². The van der Waals surface area contributed by atoms with Crippen molar-refractivity contribution in [1.29, 1.82) is 0 Å². The average Bonchev–Trinajstić information content (AvgIpc) is 3.70. The lowest BCUT2D eigenvalue weighted by Crippen LogP contribution is -2.65. The SMILES string of the molecule is CC(C)C1=C2[C@H]3CC[C@@H]4[C@@]5(C)CC[C@H](C)C(C)(C)[C@@H]5CC[C@@]4(C)[C@]3(C)CC[C@@]2(C(O)CNC2(c3ncc(Cl)cn3)CC2)CC1=O. The minimum Gasteiger partial charge on any atom is -0.391 e. The van der Waals surface area contributed by atoms with Gasteiger partial charge in [0.05, 0.1) is 16.7 Å². The van der Waals surface area contributed by atoms with E-state index >= 15 is 0 Å². The Bertz CT molecular complexity index is 1400. The number of hydrogen-bond donors (Lipinski definition) is 2. The monoisotopic (exact) mass is 635 g/mol. The van der Waals surface area contributed by atoms with Crippen LogP contribution in [0.2, 0.25) is 5.02 Å². The molecule has 7 rings (SSSR count). The molecule has 0 radical (unpaired) electrons. The molecule has 6 aliphatic carbocycles. The molecule has 6 heteroatoms. The lowest BCUT2D eigenvalue weighted by Gasteiger charge is -2.72. The molecule has 5 fully saturated rings. The first-order chi connectivity index (χ1) is 21.1. The van der Waals surface area contributed by atoms with Crippen LogP contribution in [0.3, 0.4) is 0 Å². The molecule has 2 N–H and O–H groups in total. The number of halogens is 1. The van der Waals surface area contributed by atoms with E-state index in [0.29, 0.717) is 40.7 Å². The van der Waals surface area contributed by atoms with Crippen molar-refractivity contribution in [2.24, 2.45) is 56.7 Å². The Morgan fingerprint density at radius 1 is 0.911 bits per heavy atom. The number of fused-ring (bicyclic) bond motifs is 7. The van der Waals surface area contributed by atoms with Gasteiger partial charge in [-0.3, -0.25) is 4.79 Å². The van der Waals surface area contributed by atoms with Crippen LogP contribution >= 0.6 is 11.6 Å². The van der Waals surface area contributed by atoms with Crippen LogP contribution in [0.15, 0.2) is 23.5 Å². The van der Waals surface area contributed by atoms with E-state index in [0.717, 1.165) is 55.3 Å². The number of carbonyl (C=O) groups excluding carboxylic acids is 1. The maximum atomic E-state index is 14.0. The van der Waals surface area contributed by atoms with Crippen molar-refractivity contribution in [1.82, 2.24) is 15.3 Å². The van der Waals surface area contributed by atoms with Crippen molar-refractivity contribution in [3.63, 3.8) is 0 Å². The van der Waals surface area contributed by atoms with Crippen LogP contribution in [-0.2, 0) is 10.3 Å². The first kappa shape index (κ1) is 32.3. The highest BCUT2D eigenvalue weighted by Crippen LogP contribution is 2.77. The highest BCUT2D eigenvalue weighted by atomic mass is 35.5. The number of hydrogen-bond acceptors (Lipinski definition) is 5. The smallest absolute Gasteiger partial charge is 0.160 e. The summed E-state index contributed by atoms with van der Waals surface area (Å²) >= 11 is 6.08. The summed E-state index contributed by atoms with van der Waals surface area (Å²) in [5.41, 5.74) is 2.76. The molecular formula is C39H58ClN3O2. The Labute approximate surface area is 277 Å². The summed E-state index contributed by atoms with van der Waals surface area (Å²) in [5, 5.41) is 16.5. The predicted molar refractivity (Wildman–Crippen MR) is 181 cm³/mol. The summed E-state index contributed by atoms with van der Waals surface area (Å²) in [6.45, 7) is 20.4. The van der Waals surface area contributed by atoms with Crippen LogP contribution in [0.1, 0.15) is 132 Å². The van der Waals surface area contributed by atoms with Crippen molar-refractivity contribution in [3.8, 4) is 0 Å². The molecule has 1 aromatic heterocycles. The fraction of sp³-hybridized carbons (Fsp3) is 0.821. The second-order valence-electron chi connectivity index (χ2n) is 18.3. The molecule has 0 aliphatic heterocycles. The molecule has 5 saturated carbocycles. The lowest BCUT2D eigenvalue weighted by molar-refractivity contribution is -0.222. The van der Waals surface area contributed by atoms with E-state index in [2.05, 4.69) is 70.7 Å². The fourth-order valence-electron chi connectivity index (χ4n) is 12.9. The zero-order chi connectivity index (χ0) is 32.4. The molecule has 0 bridgehead atoms. The molecular weight excluding hydrogens is 578 g/mol. The molecule has 1 heterocycles. The molecule has 0 saturated heterocycles. The predicted octanol–water partition coefficient (Wildman–Crippen LogP) is 8.69. The van der Waals surface area contributed by atoms with Crippen molar-refractivity contribution >= 4 is 17.4 Å². The third kappa shape index (κ3) is 4.34. The number of allylic oxidation sites excluding steroid dienone is 1. The number of carbonyl (C=O) groups is 1. The number of aliphatic hydroxyl groups excluding tert-OH is 1. The second-order valence-corrected chi connectivity index (χ2v) is 18.8. The Morgan fingerprint density at radius 2 is 1.60 bits per heavy atom. The van der Waals surface area contributed by atoms with Gasteiger partial charge in [0.1, 0.15) is 5.82 Å². The van der Waals surface area contributed by atoms with Crippen molar-refractivity contribution in [2.75, 3.05) is 6.54 Å². The third-order valence-corrected chi connectivity index (χ3v) is 16.3. The maximum Gasteiger partial charge on any atom is 0.160 e. The van der Waals surface area contributed by atoms with Gasteiger partial charge in [0.25, 0.3) is 0 Å². The number of nitrogens with one attached hydrogen (secondary N) is 1. The minimum atomic E-state index is -0.624. The number of nitrogens with zero attached hydrogens (tertiary/aromatic N) is 2. The summed E-state index contributed by atoms with van der Waals surface area (Å²) < 4.78 is 0. The molecule has 9 atom stereocenters. The van der Waals surface area contributed by atoms with Gasteiger partial charge in [0, 0.05) is 30.8 Å². The number of Topliss-reactive ketones (excluding diaryl/α,β-unsaturated/α-hetero) is 1. The highest BCUT2D eigenvalue weighted by molar-refractivity contribution is 6.30. The van der Waals surface area contributed by atoms with Crippen LogP contribution in [0.5, 0.6) is 0 Å². The topological polar surface area (TPSA) is 75.1 Å². The van der Waals surface area contributed by atoms with Crippen LogP contribution in [0.4, 0.5) is 0 Å². The van der Waals surface area contributed by atoms with Crippen LogP contribution in [-0.4, -0.2) is 33.5 Å². The zero-order valence-electron chi connectivity index (χ0n) is 29.2.